The Labute approximate surface area is 132 Å². The number of aryl methyl sites for hydroxylation is 1. The molecule has 0 aliphatic heterocycles. The quantitative estimate of drug-likeness (QED) is 0.809. The summed E-state index contributed by atoms with van der Waals surface area (Å²) < 4.78 is 27.4. The second-order valence-electron chi connectivity index (χ2n) is 5.14. The summed E-state index contributed by atoms with van der Waals surface area (Å²) in [4.78, 5) is 4.25. The summed E-state index contributed by atoms with van der Waals surface area (Å²) in [6.45, 7) is 2.88. The van der Waals surface area contributed by atoms with Gasteiger partial charge in [0.1, 0.15) is 9.22 Å². The van der Waals surface area contributed by atoms with Crippen LogP contribution in [-0.2, 0) is 23.1 Å². The van der Waals surface area contributed by atoms with Crippen molar-refractivity contribution >= 4 is 32.7 Å². The number of hydrogen-bond acceptors (Lipinski definition) is 6. The molecule has 2 N–H and O–H groups in total. The van der Waals surface area contributed by atoms with Gasteiger partial charge in [0.2, 0.25) is 10.0 Å². The van der Waals surface area contributed by atoms with Crippen LogP contribution in [0.1, 0.15) is 29.1 Å². The molecule has 1 aliphatic rings. The van der Waals surface area contributed by atoms with Crippen molar-refractivity contribution in [3.8, 4) is 0 Å². The molecule has 1 aliphatic carbocycles. The number of hydrogen-bond donors (Lipinski definition) is 2. The van der Waals surface area contributed by atoms with Crippen molar-refractivity contribution in [3.05, 3.63) is 33.1 Å². The van der Waals surface area contributed by atoms with Gasteiger partial charge < -0.3 is 5.32 Å². The predicted molar refractivity (Wildman–Crippen MR) is 85.1 cm³/mol. The molecule has 2 aromatic heterocycles. The summed E-state index contributed by atoms with van der Waals surface area (Å²) in [7, 11) is -3.44. The Kier molecular flexibility index (Phi) is 4.41. The van der Waals surface area contributed by atoms with E-state index in [2.05, 4.69) is 15.0 Å². The van der Waals surface area contributed by atoms with Crippen molar-refractivity contribution < 1.29 is 8.42 Å². The van der Waals surface area contributed by atoms with Crippen LogP contribution in [0.4, 0.5) is 0 Å². The maximum atomic E-state index is 12.2. The van der Waals surface area contributed by atoms with Gasteiger partial charge in [-0.25, -0.2) is 18.1 Å². The molecule has 0 bridgehead atoms. The van der Waals surface area contributed by atoms with E-state index < -0.39 is 10.0 Å². The Morgan fingerprint density at radius 3 is 2.76 bits per heavy atom. The van der Waals surface area contributed by atoms with Crippen molar-refractivity contribution in [2.45, 2.75) is 43.1 Å². The first-order valence-electron chi connectivity index (χ1n) is 6.74. The maximum Gasteiger partial charge on any atom is 0.250 e. The molecule has 114 valence electrons. The average Bonchev–Trinajstić information content (AvgIpc) is 2.97. The van der Waals surface area contributed by atoms with Gasteiger partial charge in [-0.15, -0.1) is 22.7 Å². The summed E-state index contributed by atoms with van der Waals surface area (Å²) in [5, 5.41) is 7.98. The molecular formula is C13H17N3O2S3. The first kappa shape index (κ1) is 15.1. The molecule has 2 aromatic rings. The zero-order valence-electron chi connectivity index (χ0n) is 11.6. The number of thiazole rings is 1. The number of rotatable bonds is 7. The van der Waals surface area contributed by atoms with Crippen LogP contribution in [-0.4, -0.2) is 19.4 Å². The lowest BCUT2D eigenvalue weighted by Crippen LogP contribution is -2.22. The van der Waals surface area contributed by atoms with Gasteiger partial charge in [0.15, 0.2) is 0 Å². The van der Waals surface area contributed by atoms with E-state index in [0.717, 1.165) is 22.8 Å². The largest absolute Gasteiger partial charge is 0.310 e. The van der Waals surface area contributed by atoms with E-state index in [-0.39, 0.29) is 6.54 Å². The Balaban J connectivity index is 1.60. The molecule has 2 heterocycles. The third-order valence-electron chi connectivity index (χ3n) is 3.15. The molecule has 5 nitrogen and oxygen atoms in total. The summed E-state index contributed by atoms with van der Waals surface area (Å²) in [5.74, 6) is 0. The molecule has 0 saturated heterocycles. The van der Waals surface area contributed by atoms with Crippen LogP contribution in [0.5, 0.6) is 0 Å². The van der Waals surface area contributed by atoms with Gasteiger partial charge in [-0.3, -0.25) is 0 Å². The minimum absolute atomic E-state index is 0.244. The van der Waals surface area contributed by atoms with E-state index in [4.69, 9.17) is 0 Å². The highest BCUT2D eigenvalue weighted by Crippen LogP contribution is 2.23. The van der Waals surface area contributed by atoms with Crippen LogP contribution in [0, 0.1) is 6.92 Å². The van der Waals surface area contributed by atoms with Crippen LogP contribution in [0.25, 0.3) is 0 Å². The lowest BCUT2D eigenvalue weighted by Gasteiger charge is -2.02. The standard InChI is InChI=1S/C13H17N3O2S3/c1-9-7-19-12(16-9)6-15-21(17,18)13-4-10(8-20-13)5-14-11-2-3-11/h4,7-8,11,14-15H,2-3,5-6H2,1H3. The fourth-order valence-electron chi connectivity index (χ4n) is 1.85. The SMILES string of the molecule is Cc1csc(CNS(=O)(=O)c2cc(CNC3CC3)cs2)n1. The van der Waals surface area contributed by atoms with Gasteiger partial charge in [-0.05, 0) is 36.8 Å². The fraction of sp³-hybridized carbons (Fsp3) is 0.462. The van der Waals surface area contributed by atoms with Crippen molar-refractivity contribution in [2.75, 3.05) is 0 Å². The Morgan fingerprint density at radius 2 is 2.10 bits per heavy atom. The molecule has 1 saturated carbocycles. The van der Waals surface area contributed by atoms with Gasteiger partial charge in [0, 0.05) is 23.7 Å². The molecule has 8 heteroatoms. The van der Waals surface area contributed by atoms with Crippen LogP contribution in [0.3, 0.4) is 0 Å². The smallest absolute Gasteiger partial charge is 0.250 e. The van der Waals surface area contributed by atoms with E-state index in [1.807, 2.05) is 17.7 Å². The average molecular weight is 343 g/mol. The van der Waals surface area contributed by atoms with Crippen molar-refractivity contribution in [1.29, 1.82) is 0 Å². The molecule has 0 aromatic carbocycles. The van der Waals surface area contributed by atoms with Gasteiger partial charge in [-0.1, -0.05) is 0 Å². The first-order chi connectivity index (χ1) is 10.0. The van der Waals surface area contributed by atoms with Crippen LogP contribution < -0.4 is 10.0 Å². The zero-order chi connectivity index (χ0) is 14.9. The monoisotopic (exact) mass is 343 g/mol. The van der Waals surface area contributed by atoms with Crippen LogP contribution >= 0.6 is 22.7 Å². The third-order valence-corrected chi connectivity index (χ3v) is 7.00. The summed E-state index contributed by atoms with van der Waals surface area (Å²) in [6.07, 6.45) is 2.45. The topological polar surface area (TPSA) is 71.1 Å². The van der Waals surface area contributed by atoms with Crippen LogP contribution in [0.2, 0.25) is 0 Å². The molecule has 1 fully saturated rings. The Morgan fingerprint density at radius 1 is 1.29 bits per heavy atom. The minimum atomic E-state index is -3.44. The summed E-state index contributed by atoms with van der Waals surface area (Å²) in [6, 6.07) is 2.37. The fourth-order valence-corrected chi connectivity index (χ4v) is 4.89. The molecule has 0 radical (unpaired) electrons. The molecule has 0 unspecified atom stereocenters. The van der Waals surface area contributed by atoms with E-state index in [1.165, 1.54) is 35.5 Å². The zero-order valence-corrected chi connectivity index (χ0v) is 14.1. The third kappa shape index (κ3) is 4.10. The number of sulfonamides is 1. The van der Waals surface area contributed by atoms with E-state index in [9.17, 15) is 8.42 Å². The van der Waals surface area contributed by atoms with Crippen molar-refractivity contribution in [1.82, 2.24) is 15.0 Å². The van der Waals surface area contributed by atoms with Crippen molar-refractivity contribution in [2.24, 2.45) is 0 Å². The normalized spacial score (nSPS) is 15.5. The van der Waals surface area contributed by atoms with Gasteiger partial charge in [0.25, 0.3) is 0 Å². The highest BCUT2D eigenvalue weighted by Gasteiger charge is 2.21. The van der Waals surface area contributed by atoms with E-state index in [1.54, 1.807) is 6.07 Å². The number of aromatic nitrogens is 1. The van der Waals surface area contributed by atoms with Crippen LogP contribution in [0.15, 0.2) is 21.0 Å². The van der Waals surface area contributed by atoms with Crippen molar-refractivity contribution in [3.63, 3.8) is 0 Å². The number of thiophene rings is 1. The predicted octanol–water partition coefficient (Wildman–Crippen LogP) is 2.24. The number of nitrogens with zero attached hydrogens (tertiary/aromatic N) is 1. The number of nitrogens with one attached hydrogen (secondary N) is 2. The highest BCUT2D eigenvalue weighted by atomic mass is 32.2. The molecule has 0 amide bonds. The lowest BCUT2D eigenvalue weighted by atomic mass is 10.3. The van der Waals surface area contributed by atoms with Gasteiger partial charge in [0.05, 0.1) is 6.54 Å². The molecule has 0 atom stereocenters. The van der Waals surface area contributed by atoms with Gasteiger partial charge >= 0.3 is 0 Å². The molecular weight excluding hydrogens is 326 g/mol. The Hall–Kier alpha value is -0.800. The van der Waals surface area contributed by atoms with E-state index in [0.29, 0.717) is 10.3 Å². The second kappa shape index (κ2) is 6.13. The van der Waals surface area contributed by atoms with E-state index >= 15 is 0 Å². The molecule has 21 heavy (non-hydrogen) atoms. The first-order valence-corrected chi connectivity index (χ1v) is 9.99. The second-order valence-corrected chi connectivity index (χ2v) is 8.98. The van der Waals surface area contributed by atoms with Gasteiger partial charge in [-0.2, -0.15) is 0 Å². The summed E-state index contributed by atoms with van der Waals surface area (Å²) in [5.41, 5.74) is 1.94. The minimum Gasteiger partial charge on any atom is -0.310 e. The molecule has 0 spiro atoms. The summed E-state index contributed by atoms with van der Waals surface area (Å²) >= 11 is 2.73. The highest BCUT2D eigenvalue weighted by molar-refractivity contribution is 7.91. The lowest BCUT2D eigenvalue weighted by molar-refractivity contribution is 0.583. The molecule has 3 rings (SSSR count). The Bertz CT molecular complexity index is 717. The maximum absolute atomic E-state index is 12.2.